The third kappa shape index (κ3) is 5.11. The Morgan fingerprint density at radius 2 is 1.52 bits per heavy atom. The van der Waals surface area contributed by atoms with Gasteiger partial charge >= 0.3 is 11.9 Å². The lowest BCUT2D eigenvalue weighted by Crippen LogP contribution is -2.09. The number of carbonyl (C=O) groups excluding carboxylic acids is 2. The molecule has 2 aromatic rings. The van der Waals surface area contributed by atoms with Crippen molar-refractivity contribution in [1.29, 1.82) is 0 Å². The van der Waals surface area contributed by atoms with Crippen molar-refractivity contribution in [3.8, 4) is 5.75 Å². The van der Waals surface area contributed by atoms with Gasteiger partial charge in [0.15, 0.2) is 0 Å². The van der Waals surface area contributed by atoms with Crippen LogP contribution in [0.5, 0.6) is 5.75 Å². The summed E-state index contributed by atoms with van der Waals surface area (Å²) in [6.45, 7) is 0.298. The maximum atomic E-state index is 11.7. The molecule has 0 amide bonds. The molecule has 0 N–H and O–H groups in total. The molecule has 0 saturated carbocycles. The Bertz CT molecular complexity index is 755. The SMILES string of the molecule is COC(=O)c1cc(OCCc2ccc(Cl)cc2Cl)cc(C(=O)OC)c1. The number of esters is 2. The van der Waals surface area contributed by atoms with Crippen LogP contribution in [0.1, 0.15) is 26.3 Å². The van der Waals surface area contributed by atoms with Crippen molar-refractivity contribution in [2.24, 2.45) is 0 Å². The highest BCUT2D eigenvalue weighted by atomic mass is 35.5. The second-order valence-corrected chi connectivity index (χ2v) is 5.91. The van der Waals surface area contributed by atoms with E-state index in [9.17, 15) is 9.59 Å². The van der Waals surface area contributed by atoms with E-state index in [2.05, 4.69) is 9.47 Å². The number of ether oxygens (including phenoxy) is 3. The molecule has 0 fully saturated rings. The number of halogens is 2. The van der Waals surface area contributed by atoms with Crippen LogP contribution < -0.4 is 4.74 Å². The third-order valence-electron chi connectivity index (χ3n) is 3.40. The molecule has 0 unspecified atom stereocenters. The topological polar surface area (TPSA) is 61.8 Å². The van der Waals surface area contributed by atoms with Gasteiger partial charge in [0.25, 0.3) is 0 Å². The zero-order chi connectivity index (χ0) is 18.4. The molecule has 0 atom stereocenters. The lowest BCUT2D eigenvalue weighted by atomic mass is 10.1. The number of hydrogen-bond acceptors (Lipinski definition) is 5. The van der Waals surface area contributed by atoms with Crippen molar-refractivity contribution < 1.29 is 23.8 Å². The van der Waals surface area contributed by atoms with E-state index < -0.39 is 11.9 Å². The molecular weight excluding hydrogens is 367 g/mol. The van der Waals surface area contributed by atoms with Crippen LogP contribution in [0.2, 0.25) is 10.0 Å². The first-order valence-corrected chi connectivity index (χ1v) is 8.08. The quantitative estimate of drug-likeness (QED) is 0.700. The molecule has 132 valence electrons. The predicted octanol–water partition coefficient (Wildman–Crippen LogP) is 4.19. The van der Waals surface area contributed by atoms with Gasteiger partial charge in [-0.25, -0.2) is 9.59 Å². The minimum atomic E-state index is -0.573. The van der Waals surface area contributed by atoms with E-state index in [1.807, 2.05) is 6.07 Å². The summed E-state index contributed by atoms with van der Waals surface area (Å²) in [5.41, 5.74) is 1.28. The van der Waals surface area contributed by atoms with Crippen molar-refractivity contribution in [3.63, 3.8) is 0 Å². The third-order valence-corrected chi connectivity index (χ3v) is 3.99. The molecule has 2 rings (SSSR count). The summed E-state index contributed by atoms with van der Waals surface area (Å²) in [4.78, 5) is 23.5. The van der Waals surface area contributed by atoms with Gasteiger partial charge in [-0.3, -0.25) is 0 Å². The molecule has 0 saturated heterocycles. The normalized spacial score (nSPS) is 10.2. The Morgan fingerprint density at radius 1 is 0.920 bits per heavy atom. The van der Waals surface area contributed by atoms with E-state index >= 15 is 0 Å². The van der Waals surface area contributed by atoms with Crippen LogP contribution in [-0.2, 0) is 15.9 Å². The molecule has 0 heterocycles. The number of rotatable bonds is 6. The first kappa shape index (κ1) is 19.1. The molecule has 25 heavy (non-hydrogen) atoms. The van der Waals surface area contributed by atoms with E-state index in [4.69, 9.17) is 27.9 Å². The van der Waals surface area contributed by atoms with Crippen molar-refractivity contribution in [2.75, 3.05) is 20.8 Å². The summed E-state index contributed by atoms with van der Waals surface area (Å²) in [6.07, 6.45) is 0.534. The lowest BCUT2D eigenvalue weighted by Gasteiger charge is -2.10. The summed E-state index contributed by atoms with van der Waals surface area (Å²) < 4.78 is 15.0. The smallest absolute Gasteiger partial charge is 0.338 e. The Labute approximate surface area is 155 Å². The van der Waals surface area contributed by atoms with Crippen LogP contribution in [-0.4, -0.2) is 32.8 Å². The lowest BCUT2D eigenvalue weighted by molar-refractivity contribution is 0.0598. The molecule has 0 radical (unpaired) electrons. The van der Waals surface area contributed by atoms with Crippen molar-refractivity contribution in [2.45, 2.75) is 6.42 Å². The van der Waals surface area contributed by atoms with E-state index in [0.717, 1.165) is 5.56 Å². The van der Waals surface area contributed by atoms with E-state index in [1.165, 1.54) is 32.4 Å². The second kappa shape index (κ2) is 8.74. The summed E-state index contributed by atoms with van der Waals surface area (Å²) in [5, 5.41) is 1.11. The van der Waals surface area contributed by atoms with Gasteiger partial charge in [-0.2, -0.15) is 0 Å². The summed E-state index contributed by atoms with van der Waals surface area (Å²) in [6, 6.07) is 9.62. The van der Waals surface area contributed by atoms with Crippen LogP contribution in [0.15, 0.2) is 36.4 Å². The van der Waals surface area contributed by atoms with Gasteiger partial charge in [0.2, 0.25) is 0 Å². The van der Waals surface area contributed by atoms with Gasteiger partial charge in [-0.05, 0) is 35.9 Å². The molecule has 0 spiro atoms. The minimum Gasteiger partial charge on any atom is -0.493 e. The fourth-order valence-electron chi connectivity index (χ4n) is 2.16. The highest BCUT2D eigenvalue weighted by Crippen LogP contribution is 2.23. The molecule has 0 bridgehead atoms. The van der Waals surface area contributed by atoms with Crippen LogP contribution in [0.3, 0.4) is 0 Å². The first-order valence-electron chi connectivity index (χ1n) is 7.33. The van der Waals surface area contributed by atoms with Crippen LogP contribution >= 0.6 is 23.2 Å². The van der Waals surface area contributed by atoms with Crippen LogP contribution in [0.4, 0.5) is 0 Å². The molecule has 7 heteroatoms. The molecule has 0 aromatic heterocycles. The van der Waals surface area contributed by atoms with Gasteiger partial charge in [0, 0.05) is 16.5 Å². The van der Waals surface area contributed by atoms with Gasteiger partial charge in [-0.15, -0.1) is 0 Å². The fourth-order valence-corrected chi connectivity index (χ4v) is 2.66. The van der Waals surface area contributed by atoms with Crippen LogP contribution in [0, 0.1) is 0 Å². The van der Waals surface area contributed by atoms with Gasteiger partial charge in [0.05, 0.1) is 32.0 Å². The van der Waals surface area contributed by atoms with Gasteiger partial charge in [0.1, 0.15) is 5.75 Å². The van der Waals surface area contributed by atoms with Crippen molar-refractivity contribution in [1.82, 2.24) is 0 Å². The zero-order valence-electron chi connectivity index (χ0n) is 13.7. The summed E-state index contributed by atoms with van der Waals surface area (Å²) >= 11 is 12.0. The Morgan fingerprint density at radius 3 is 2.04 bits per heavy atom. The highest BCUT2D eigenvalue weighted by molar-refractivity contribution is 6.35. The van der Waals surface area contributed by atoms with E-state index in [1.54, 1.807) is 12.1 Å². The summed E-state index contributed by atoms with van der Waals surface area (Å²) in [5.74, 6) is -0.791. The molecule has 0 aliphatic rings. The molecule has 2 aromatic carbocycles. The van der Waals surface area contributed by atoms with Gasteiger partial charge < -0.3 is 14.2 Å². The average Bonchev–Trinajstić information content (AvgIpc) is 2.61. The maximum absolute atomic E-state index is 11.7. The predicted molar refractivity (Wildman–Crippen MR) is 94.8 cm³/mol. The van der Waals surface area contributed by atoms with Gasteiger partial charge in [-0.1, -0.05) is 29.3 Å². The second-order valence-electron chi connectivity index (χ2n) is 5.06. The number of methoxy groups -OCH3 is 2. The molecular formula is C18H16Cl2O5. The Hall–Kier alpha value is -2.24. The Balaban J connectivity index is 2.14. The Kier molecular flexibility index (Phi) is 6.67. The maximum Gasteiger partial charge on any atom is 0.338 e. The molecule has 5 nitrogen and oxygen atoms in total. The standard InChI is InChI=1S/C18H16Cl2O5/c1-23-17(21)12-7-13(18(22)24-2)9-15(8-12)25-6-5-11-3-4-14(19)10-16(11)20/h3-4,7-10H,5-6H2,1-2H3. The van der Waals surface area contributed by atoms with Crippen molar-refractivity contribution in [3.05, 3.63) is 63.1 Å². The fraction of sp³-hybridized carbons (Fsp3) is 0.222. The van der Waals surface area contributed by atoms with E-state index in [0.29, 0.717) is 28.8 Å². The van der Waals surface area contributed by atoms with Crippen molar-refractivity contribution >= 4 is 35.1 Å². The monoisotopic (exact) mass is 382 g/mol. The number of benzene rings is 2. The largest absolute Gasteiger partial charge is 0.493 e. The highest BCUT2D eigenvalue weighted by Gasteiger charge is 2.14. The molecule has 0 aliphatic heterocycles. The average molecular weight is 383 g/mol. The number of hydrogen-bond donors (Lipinski definition) is 0. The molecule has 0 aliphatic carbocycles. The van der Waals surface area contributed by atoms with E-state index in [-0.39, 0.29) is 11.1 Å². The summed E-state index contributed by atoms with van der Waals surface area (Å²) in [7, 11) is 2.52. The van der Waals surface area contributed by atoms with Crippen LogP contribution in [0.25, 0.3) is 0 Å². The zero-order valence-corrected chi connectivity index (χ0v) is 15.2. The number of carbonyl (C=O) groups is 2. The minimum absolute atomic E-state index is 0.199. The first-order chi connectivity index (χ1) is 11.9.